The van der Waals surface area contributed by atoms with Gasteiger partial charge in [-0.1, -0.05) is 11.6 Å². The fraction of sp³-hybridized carbons (Fsp3) is 0.409. The van der Waals surface area contributed by atoms with E-state index in [0.29, 0.717) is 44.0 Å². The fourth-order valence-corrected chi connectivity index (χ4v) is 4.55. The van der Waals surface area contributed by atoms with E-state index in [1.54, 1.807) is 19.1 Å². The number of nitrogens with zero attached hydrogens (tertiary/aromatic N) is 1. The van der Waals surface area contributed by atoms with E-state index >= 15 is 0 Å². The second-order valence-electron chi connectivity index (χ2n) is 7.41. The van der Waals surface area contributed by atoms with E-state index in [0.717, 1.165) is 12.0 Å². The molecule has 2 aromatic carbocycles. The number of carbonyl (C=O) groups is 1. The summed E-state index contributed by atoms with van der Waals surface area (Å²) >= 11 is 5.91. The molecule has 1 spiro atoms. The Bertz CT molecular complexity index is 920. The minimum Gasteiger partial charge on any atom is -0.493 e. The number of likely N-dealkylation sites (tertiary alicyclic amines) is 1. The van der Waals surface area contributed by atoms with Crippen molar-refractivity contribution < 1.29 is 23.4 Å². The number of hydrogen-bond acceptors (Lipinski definition) is 4. The van der Waals surface area contributed by atoms with Crippen LogP contribution in [0.15, 0.2) is 30.3 Å². The van der Waals surface area contributed by atoms with Gasteiger partial charge in [0.15, 0.2) is 11.5 Å². The molecule has 7 heteroatoms. The van der Waals surface area contributed by atoms with Crippen molar-refractivity contribution in [2.24, 2.45) is 0 Å². The van der Waals surface area contributed by atoms with Crippen LogP contribution in [-0.2, 0) is 16.8 Å². The first-order valence-electron chi connectivity index (χ1n) is 9.60. The van der Waals surface area contributed by atoms with Crippen molar-refractivity contribution in [3.05, 3.63) is 57.9 Å². The summed E-state index contributed by atoms with van der Waals surface area (Å²) in [6.07, 6.45) is 2.12. The molecule has 0 aliphatic carbocycles. The first-order valence-corrected chi connectivity index (χ1v) is 9.98. The Hall–Kier alpha value is -2.31. The van der Waals surface area contributed by atoms with Crippen LogP contribution in [0.2, 0.25) is 5.02 Å². The highest BCUT2D eigenvalue weighted by atomic mass is 35.5. The van der Waals surface area contributed by atoms with Crippen molar-refractivity contribution in [2.75, 3.05) is 33.9 Å². The Balaban J connectivity index is 1.57. The van der Waals surface area contributed by atoms with Crippen LogP contribution in [0.5, 0.6) is 11.5 Å². The highest BCUT2D eigenvalue weighted by molar-refractivity contribution is 6.31. The normalized spacial score (nSPS) is 17.7. The van der Waals surface area contributed by atoms with Crippen LogP contribution < -0.4 is 9.47 Å². The van der Waals surface area contributed by atoms with Gasteiger partial charge in [-0.2, -0.15) is 0 Å². The molecule has 2 heterocycles. The molecule has 4 rings (SSSR count). The summed E-state index contributed by atoms with van der Waals surface area (Å²) in [5, 5.41) is 0.215. The summed E-state index contributed by atoms with van der Waals surface area (Å²) in [4.78, 5) is 14.6. The van der Waals surface area contributed by atoms with Crippen LogP contribution in [0.3, 0.4) is 0 Å². The molecule has 1 saturated heterocycles. The molecule has 0 atom stereocenters. The van der Waals surface area contributed by atoms with Gasteiger partial charge in [0.25, 0.3) is 5.91 Å². The molecular weight excluding hydrogens is 397 g/mol. The highest BCUT2D eigenvalue weighted by Crippen LogP contribution is 2.45. The Kier molecular flexibility index (Phi) is 5.40. The van der Waals surface area contributed by atoms with E-state index in [2.05, 4.69) is 0 Å². The van der Waals surface area contributed by atoms with Crippen molar-refractivity contribution in [1.29, 1.82) is 0 Å². The standard InChI is InChI=1S/C22H23ClFNO4/c1-27-19-11-14-3-8-29-22(18(14)13-20(19)28-2)4-6-25(7-5-22)21(26)15-9-16(23)12-17(24)10-15/h9-13H,3-8H2,1-2H3. The molecule has 1 fully saturated rings. The predicted octanol–water partition coefficient (Wildman–Crippen LogP) is 4.20. The Morgan fingerprint density at radius 3 is 2.45 bits per heavy atom. The number of fused-ring (bicyclic) bond motifs is 2. The van der Waals surface area contributed by atoms with E-state index in [-0.39, 0.29) is 16.5 Å². The summed E-state index contributed by atoms with van der Waals surface area (Å²) in [7, 11) is 3.24. The van der Waals surface area contributed by atoms with Crippen molar-refractivity contribution >= 4 is 17.5 Å². The van der Waals surface area contributed by atoms with Gasteiger partial charge in [-0.05, 0) is 60.7 Å². The van der Waals surface area contributed by atoms with Crippen molar-refractivity contribution in [1.82, 2.24) is 4.90 Å². The summed E-state index contributed by atoms with van der Waals surface area (Å²) in [5.41, 5.74) is 2.10. The molecular formula is C22H23ClFNO4. The van der Waals surface area contributed by atoms with Crippen LogP contribution in [0, 0.1) is 5.82 Å². The maximum Gasteiger partial charge on any atom is 0.254 e. The number of hydrogen-bond donors (Lipinski definition) is 0. The zero-order valence-electron chi connectivity index (χ0n) is 16.5. The summed E-state index contributed by atoms with van der Waals surface area (Å²) < 4.78 is 30.8. The van der Waals surface area contributed by atoms with Gasteiger partial charge in [0.05, 0.1) is 26.4 Å². The predicted molar refractivity (Wildman–Crippen MR) is 107 cm³/mol. The van der Waals surface area contributed by atoms with Crippen LogP contribution in [0.4, 0.5) is 4.39 Å². The first-order chi connectivity index (χ1) is 14.0. The van der Waals surface area contributed by atoms with E-state index in [1.807, 2.05) is 12.1 Å². The van der Waals surface area contributed by atoms with Crippen molar-refractivity contribution in [3.63, 3.8) is 0 Å². The number of rotatable bonds is 3. The Labute approximate surface area is 174 Å². The largest absolute Gasteiger partial charge is 0.493 e. The van der Waals surface area contributed by atoms with Gasteiger partial charge in [-0.25, -0.2) is 4.39 Å². The molecule has 0 bridgehead atoms. The maximum absolute atomic E-state index is 13.6. The molecule has 0 radical (unpaired) electrons. The number of carbonyl (C=O) groups excluding carboxylic acids is 1. The van der Waals surface area contributed by atoms with Gasteiger partial charge < -0.3 is 19.1 Å². The number of amides is 1. The third-order valence-corrected chi connectivity index (χ3v) is 6.04. The Morgan fingerprint density at radius 1 is 1.10 bits per heavy atom. The lowest BCUT2D eigenvalue weighted by molar-refractivity contribution is -0.0936. The van der Waals surface area contributed by atoms with Crippen LogP contribution in [0.1, 0.15) is 34.3 Å². The van der Waals surface area contributed by atoms with Gasteiger partial charge in [0.2, 0.25) is 0 Å². The molecule has 0 saturated carbocycles. The average Bonchev–Trinajstić information content (AvgIpc) is 2.72. The lowest BCUT2D eigenvalue weighted by Gasteiger charge is -2.45. The van der Waals surface area contributed by atoms with Gasteiger partial charge in [0.1, 0.15) is 5.82 Å². The quantitative estimate of drug-likeness (QED) is 0.748. The number of halogens is 2. The molecule has 0 aromatic heterocycles. The Morgan fingerprint density at radius 2 is 1.79 bits per heavy atom. The van der Waals surface area contributed by atoms with Crippen molar-refractivity contribution in [2.45, 2.75) is 24.9 Å². The van der Waals surface area contributed by atoms with Crippen LogP contribution in [0.25, 0.3) is 0 Å². The minimum absolute atomic E-state index is 0.215. The number of methoxy groups -OCH3 is 2. The van der Waals surface area contributed by atoms with Crippen LogP contribution >= 0.6 is 11.6 Å². The molecule has 5 nitrogen and oxygen atoms in total. The summed E-state index contributed by atoms with van der Waals surface area (Å²) in [6.45, 7) is 1.65. The van der Waals surface area contributed by atoms with Gasteiger partial charge in [0, 0.05) is 23.7 Å². The summed E-state index contributed by atoms with van der Waals surface area (Å²) in [6, 6.07) is 7.93. The second-order valence-corrected chi connectivity index (χ2v) is 7.84. The fourth-order valence-electron chi connectivity index (χ4n) is 4.33. The molecule has 2 aliphatic rings. The average molecular weight is 420 g/mol. The van der Waals surface area contributed by atoms with Crippen LogP contribution in [-0.4, -0.2) is 44.7 Å². The molecule has 2 aromatic rings. The van der Waals surface area contributed by atoms with Crippen molar-refractivity contribution in [3.8, 4) is 11.5 Å². The molecule has 2 aliphatic heterocycles. The van der Waals surface area contributed by atoms with Gasteiger partial charge >= 0.3 is 0 Å². The molecule has 0 N–H and O–H groups in total. The number of ether oxygens (including phenoxy) is 3. The second kappa shape index (κ2) is 7.84. The smallest absolute Gasteiger partial charge is 0.254 e. The number of piperidine rings is 1. The monoisotopic (exact) mass is 419 g/mol. The molecule has 1 amide bonds. The van der Waals surface area contributed by atoms with E-state index in [4.69, 9.17) is 25.8 Å². The van der Waals surface area contributed by atoms with E-state index < -0.39 is 11.4 Å². The minimum atomic E-state index is -0.514. The number of benzene rings is 2. The summed E-state index contributed by atoms with van der Waals surface area (Å²) in [5.74, 6) is 0.646. The van der Waals surface area contributed by atoms with Gasteiger partial charge in [-0.15, -0.1) is 0 Å². The molecule has 29 heavy (non-hydrogen) atoms. The highest BCUT2D eigenvalue weighted by Gasteiger charge is 2.42. The lowest BCUT2D eigenvalue weighted by Crippen LogP contribution is -2.48. The third kappa shape index (κ3) is 3.67. The lowest BCUT2D eigenvalue weighted by atomic mass is 9.79. The topological polar surface area (TPSA) is 48.0 Å². The van der Waals surface area contributed by atoms with E-state index in [1.165, 1.54) is 23.8 Å². The SMILES string of the molecule is COc1cc2c(cc1OC)C1(CCN(C(=O)c3cc(F)cc(Cl)c3)CC1)OCC2. The third-order valence-electron chi connectivity index (χ3n) is 5.82. The van der Waals surface area contributed by atoms with E-state index in [9.17, 15) is 9.18 Å². The zero-order valence-corrected chi connectivity index (χ0v) is 17.2. The molecule has 154 valence electrons. The van der Waals surface area contributed by atoms with Gasteiger partial charge in [-0.3, -0.25) is 4.79 Å². The molecule has 0 unspecified atom stereocenters. The first kappa shape index (κ1) is 20.0. The zero-order chi connectivity index (χ0) is 20.6. The maximum atomic E-state index is 13.6.